The molecule has 3 rings (SSSR count). The zero-order valence-electron chi connectivity index (χ0n) is 15.0. The van der Waals surface area contributed by atoms with E-state index in [9.17, 15) is 4.79 Å². The van der Waals surface area contributed by atoms with Crippen molar-refractivity contribution in [2.45, 2.75) is 58.2 Å². The Balaban J connectivity index is 1.59. The molecule has 24 heavy (non-hydrogen) atoms. The molecular weight excluding hydrogens is 300 g/mol. The predicted octanol–water partition coefficient (Wildman–Crippen LogP) is 3.31. The minimum Gasteiger partial charge on any atom is -0.377 e. The number of carbonyl (C=O) groups is 1. The van der Waals surface area contributed by atoms with Gasteiger partial charge in [0.15, 0.2) is 0 Å². The van der Waals surface area contributed by atoms with Crippen LogP contribution in [0.2, 0.25) is 0 Å². The van der Waals surface area contributed by atoms with Gasteiger partial charge in [-0.25, -0.2) is 0 Å². The number of likely N-dealkylation sites (tertiary alicyclic amines) is 1. The number of rotatable bonds is 7. The van der Waals surface area contributed by atoms with Gasteiger partial charge >= 0.3 is 0 Å². The summed E-state index contributed by atoms with van der Waals surface area (Å²) in [4.78, 5) is 17.2. The van der Waals surface area contributed by atoms with Crippen LogP contribution in [0.3, 0.4) is 0 Å². The Hall–Kier alpha value is -1.39. The van der Waals surface area contributed by atoms with Crippen LogP contribution in [-0.4, -0.2) is 54.1 Å². The van der Waals surface area contributed by atoms with Crippen LogP contribution in [-0.2, 0) is 11.3 Å². The SMILES string of the molecule is CCOC1CCCN(C(=O)c2ccc(CN(CC)C3CC3)cc2)C1. The van der Waals surface area contributed by atoms with E-state index in [0.29, 0.717) is 0 Å². The van der Waals surface area contributed by atoms with E-state index in [1.807, 2.05) is 24.0 Å². The van der Waals surface area contributed by atoms with E-state index in [2.05, 4.69) is 24.0 Å². The van der Waals surface area contributed by atoms with Gasteiger partial charge < -0.3 is 9.64 Å². The number of carbonyl (C=O) groups excluding carboxylic acids is 1. The van der Waals surface area contributed by atoms with Crippen LogP contribution < -0.4 is 0 Å². The molecule has 4 heteroatoms. The van der Waals surface area contributed by atoms with Crippen LogP contribution in [0.1, 0.15) is 55.5 Å². The summed E-state index contributed by atoms with van der Waals surface area (Å²) in [5.41, 5.74) is 2.09. The maximum atomic E-state index is 12.7. The lowest BCUT2D eigenvalue weighted by Crippen LogP contribution is -2.43. The Bertz CT molecular complexity index is 537. The first-order valence-electron chi connectivity index (χ1n) is 9.45. The molecule has 1 saturated heterocycles. The van der Waals surface area contributed by atoms with E-state index in [4.69, 9.17) is 4.74 Å². The molecule has 0 aromatic heterocycles. The molecule has 1 saturated carbocycles. The number of ether oxygens (including phenoxy) is 1. The molecule has 1 unspecified atom stereocenters. The molecule has 1 aliphatic heterocycles. The van der Waals surface area contributed by atoms with Gasteiger partial charge in [0, 0.05) is 37.8 Å². The first kappa shape index (κ1) is 17.4. The lowest BCUT2D eigenvalue weighted by atomic mass is 10.1. The van der Waals surface area contributed by atoms with E-state index in [-0.39, 0.29) is 12.0 Å². The summed E-state index contributed by atoms with van der Waals surface area (Å²) in [5.74, 6) is 0.139. The van der Waals surface area contributed by atoms with E-state index in [1.54, 1.807) is 0 Å². The first-order chi connectivity index (χ1) is 11.7. The number of amides is 1. The highest BCUT2D eigenvalue weighted by Crippen LogP contribution is 2.28. The predicted molar refractivity (Wildman–Crippen MR) is 96.1 cm³/mol. The zero-order valence-corrected chi connectivity index (χ0v) is 15.0. The van der Waals surface area contributed by atoms with Crippen molar-refractivity contribution in [3.63, 3.8) is 0 Å². The van der Waals surface area contributed by atoms with E-state index in [1.165, 1.54) is 18.4 Å². The Morgan fingerprint density at radius 1 is 1.21 bits per heavy atom. The number of hydrogen-bond acceptors (Lipinski definition) is 3. The van der Waals surface area contributed by atoms with E-state index >= 15 is 0 Å². The molecule has 1 amide bonds. The summed E-state index contributed by atoms with van der Waals surface area (Å²) in [6, 6.07) is 8.98. The van der Waals surface area contributed by atoms with Crippen LogP contribution in [0.25, 0.3) is 0 Å². The third-order valence-corrected chi connectivity index (χ3v) is 5.12. The molecule has 2 aliphatic rings. The summed E-state index contributed by atoms with van der Waals surface area (Å²) in [7, 11) is 0. The van der Waals surface area contributed by atoms with Gasteiger partial charge in [-0.1, -0.05) is 19.1 Å². The maximum absolute atomic E-state index is 12.7. The maximum Gasteiger partial charge on any atom is 0.253 e. The van der Waals surface area contributed by atoms with Gasteiger partial charge in [0.1, 0.15) is 0 Å². The van der Waals surface area contributed by atoms with Crippen molar-refractivity contribution >= 4 is 5.91 Å². The molecule has 2 fully saturated rings. The van der Waals surface area contributed by atoms with Crippen molar-refractivity contribution in [2.75, 3.05) is 26.2 Å². The summed E-state index contributed by atoms with van der Waals surface area (Å²) >= 11 is 0. The number of nitrogens with zero attached hydrogens (tertiary/aromatic N) is 2. The highest BCUT2D eigenvalue weighted by Gasteiger charge is 2.28. The Morgan fingerprint density at radius 2 is 1.96 bits per heavy atom. The lowest BCUT2D eigenvalue weighted by Gasteiger charge is -2.32. The van der Waals surface area contributed by atoms with Gasteiger partial charge in [-0.15, -0.1) is 0 Å². The highest BCUT2D eigenvalue weighted by molar-refractivity contribution is 5.94. The molecule has 0 spiro atoms. The van der Waals surface area contributed by atoms with Crippen molar-refractivity contribution in [3.8, 4) is 0 Å². The molecule has 1 atom stereocenters. The van der Waals surface area contributed by atoms with Crippen LogP contribution in [0.15, 0.2) is 24.3 Å². The smallest absolute Gasteiger partial charge is 0.253 e. The zero-order chi connectivity index (χ0) is 16.9. The van der Waals surface area contributed by atoms with Crippen LogP contribution in [0.4, 0.5) is 0 Å². The second kappa shape index (κ2) is 8.13. The molecule has 4 nitrogen and oxygen atoms in total. The van der Waals surface area contributed by atoms with Crippen LogP contribution >= 0.6 is 0 Å². The van der Waals surface area contributed by atoms with Gasteiger partial charge in [-0.2, -0.15) is 0 Å². The Kier molecular flexibility index (Phi) is 5.90. The van der Waals surface area contributed by atoms with Gasteiger partial charge in [0.05, 0.1) is 6.10 Å². The summed E-state index contributed by atoms with van der Waals surface area (Å²) in [5, 5.41) is 0. The Labute approximate surface area is 145 Å². The van der Waals surface area contributed by atoms with Crippen molar-refractivity contribution in [1.29, 1.82) is 0 Å². The molecule has 0 bridgehead atoms. The fourth-order valence-corrected chi connectivity index (χ4v) is 3.60. The average Bonchev–Trinajstić information content (AvgIpc) is 3.45. The Morgan fingerprint density at radius 3 is 2.58 bits per heavy atom. The van der Waals surface area contributed by atoms with Crippen LogP contribution in [0.5, 0.6) is 0 Å². The first-order valence-corrected chi connectivity index (χ1v) is 9.45. The molecule has 1 heterocycles. The molecule has 1 aromatic rings. The normalized spacial score (nSPS) is 21.3. The van der Waals surface area contributed by atoms with Gasteiger partial charge in [-0.3, -0.25) is 9.69 Å². The monoisotopic (exact) mass is 330 g/mol. The summed E-state index contributed by atoms with van der Waals surface area (Å²) in [6.45, 7) is 8.61. The second-order valence-corrected chi connectivity index (χ2v) is 6.96. The fraction of sp³-hybridized carbons (Fsp3) is 0.650. The number of hydrogen-bond donors (Lipinski definition) is 0. The minimum atomic E-state index is 0.139. The quantitative estimate of drug-likeness (QED) is 0.769. The van der Waals surface area contributed by atoms with E-state index < -0.39 is 0 Å². The average molecular weight is 330 g/mol. The summed E-state index contributed by atoms with van der Waals surface area (Å²) < 4.78 is 5.70. The largest absolute Gasteiger partial charge is 0.377 e. The summed E-state index contributed by atoms with van der Waals surface area (Å²) in [6.07, 6.45) is 4.95. The molecular formula is C20H30N2O2. The molecule has 1 aromatic carbocycles. The molecule has 0 N–H and O–H groups in total. The van der Waals surface area contributed by atoms with Crippen molar-refractivity contribution in [2.24, 2.45) is 0 Å². The van der Waals surface area contributed by atoms with Gasteiger partial charge in [-0.05, 0) is 56.8 Å². The van der Waals surface area contributed by atoms with Crippen LogP contribution in [0, 0.1) is 0 Å². The molecule has 0 radical (unpaired) electrons. The topological polar surface area (TPSA) is 32.8 Å². The standard InChI is InChI=1S/C20H30N2O2/c1-3-21(18-11-12-18)14-16-7-9-17(10-8-16)20(23)22-13-5-6-19(15-22)24-4-2/h7-10,18-19H,3-6,11-15H2,1-2H3. The van der Waals surface area contributed by atoms with Crippen molar-refractivity contribution in [3.05, 3.63) is 35.4 Å². The minimum absolute atomic E-state index is 0.139. The number of piperidine rings is 1. The third kappa shape index (κ3) is 4.37. The molecule has 1 aliphatic carbocycles. The van der Waals surface area contributed by atoms with Crippen molar-refractivity contribution < 1.29 is 9.53 Å². The van der Waals surface area contributed by atoms with Crippen molar-refractivity contribution in [1.82, 2.24) is 9.80 Å². The highest BCUT2D eigenvalue weighted by atomic mass is 16.5. The second-order valence-electron chi connectivity index (χ2n) is 6.96. The fourth-order valence-electron chi connectivity index (χ4n) is 3.60. The lowest BCUT2D eigenvalue weighted by molar-refractivity contribution is 0.00724. The number of benzene rings is 1. The third-order valence-electron chi connectivity index (χ3n) is 5.12. The van der Waals surface area contributed by atoms with Gasteiger partial charge in [0.25, 0.3) is 5.91 Å². The van der Waals surface area contributed by atoms with Gasteiger partial charge in [0.2, 0.25) is 0 Å². The van der Waals surface area contributed by atoms with E-state index in [0.717, 1.165) is 57.2 Å². The molecule has 132 valence electrons.